The van der Waals surface area contributed by atoms with Crippen molar-refractivity contribution in [3.63, 3.8) is 0 Å². The highest BCUT2D eigenvalue weighted by molar-refractivity contribution is 6.03. The molecule has 0 saturated carbocycles. The summed E-state index contributed by atoms with van der Waals surface area (Å²) in [4.78, 5) is 50.6. The van der Waals surface area contributed by atoms with Crippen LogP contribution in [0.3, 0.4) is 0 Å². The zero-order valence-corrected chi connectivity index (χ0v) is 10.6. The molecule has 104 valence electrons. The molecule has 1 heterocycles. The van der Waals surface area contributed by atoms with E-state index in [1.807, 2.05) is 0 Å². The van der Waals surface area contributed by atoms with E-state index in [2.05, 4.69) is 4.74 Å². The molecular formula is C13H11NO6. The molecule has 20 heavy (non-hydrogen) atoms. The number of methoxy groups -OCH3 is 1. The maximum Gasteiger partial charge on any atom is 0.363 e. The topological polar surface area (TPSA) is 90.0 Å². The van der Waals surface area contributed by atoms with Crippen LogP contribution in [0.25, 0.3) is 0 Å². The van der Waals surface area contributed by atoms with Crippen molar-refractivity contribution in [3.05, 3.63) is 35.4 Å². The molecule has 1 saturated heterocycles. The Morgan fingerprint density at radius 1 is 1.05 bits per heavy atom. The van der Waals surface area contributed by atoms with Crippen molar-refractivity contribution >= 4 is 23.8 Å². The highest BCUT2D eigenvalue weighted by Crippen LogP contribution is 2.15. The number of ether oxygens (including phenoxy) is 1. The zero-order chi connectivity index (χ0) is 14.7. The van der Waals surface area contributed by atoms with Crippen LogP contribution in [0.5, 0.6) is 0 Å². The second-order valence-electron chi connectivity index (χ2n) is 4.03. The van der Waals surface area contributed by atoms with Gasteiger partial charge in [-0.25, -0.2) is 9.59 Å². The fourth-order valence-corrected chi connectivity index (χ4v) is 1.68. The van der Waals surface area contributed by atoms with Crippen LogP contribution in [0.2, 0.25) is 0 Å². The van der Waals surface area contributed by atoms with Gasteiger partial charge in [0.15, 0.2) is 0 Å². The van der Waals surface area contributed by atoms with Crippen LogP contribution in [0.4, 0.5) is 0 Å². The molecule has 7 nitrogen and oxygen atoms in total. The molecule has 7 heteroatoms. The van der Waals surface area contributed by atoms with Crippen molar-refractivity contribution in [1.29, 1.82) is 0 Å². The highest BCUT2D eigenvalue weighted by Gasteiger charge is 2.33. The minimum atomic E-state index is -0.889. The Morgan fingerprint density at radius 3 is 2.15 bits per heavy atom. The summed E-state index contributed by atoms with van der Waals surface area (Å²) in [5, 5.41) is 0.452. The number of hydrogen-bond donors (Lipinski definition) is 0. The molecule has 0 N–H and O–H groups in total. The third kappa shape index (κ3) is 2.66. The standard InChI is InChI=1S/C13H11NO6/c1-19-12(17)8-3-2-4-9(7-8)13(18)20-14-10(15)5-6-11(14)16/h2-4,7H,5-6H2,1H3. The van der Waals surface area contributed by atoms with Crippen molar-refractivity contribution in [2.45, 2.75) is 12.8 Å². The van der Waals surface area contributed by atoms with Crippen LogP contribution >= 0.6 is 0 Å². The Morgan fingerprint density at radius 2 is 1.60 bits per heavy atom. The Kier molecular flexibility index (Phi) is 3.79. The van der Waals surface area contributed by atoms with Gasteiger partial charge in [-0.05, 0) is 18.2 Å². The van der Waals surface area contributed by atoms with Crippen LogP contribution < -0.4 is 0 Å². The third-order valence-electron chi connectivity index (χ3n) is 2.70. The third-order valence-corrected chi connectivity index (χ3v) is 2.70. The van der Waals surface area contributed by atoms with E-state index in [4.69, 9.17) is 4.84 Å². The van der Waals surface area contributed by atoms with Crippen molar-refractivity contribution < 1.29 is 28.8 Å². The minimum Gasteiger partial charge on any atom is -0.465 e. The molecule has 1 aliphatic rings. The summed E-state index contributed by atoms with van der Waals surface area (Å²) in [6.07, 6.45) is 0.0443. The predicted octanol–water partition coefficient (Wildman–Crippen LogP) is 0.694. The number of nitrogens with zero attached hydrogens (tertiary/aromatic N) is 1. The number of carbonyl (C=O) groups is 4. The number of hydroxylamine groups is 2. The number of rotatable bonds is 3. The molecular weight excluding hydrogens is 266 g/mol. The van der Waals surface area contributed by atoms with Crippen molar-refractivity contribution in [2.75, 3.05) is 7.11 Å². The van der Waals surface area contributed by atoms with Gasteiger partial charge in [-0.1, -0.05) is 6.07 Å². The van der Waals surface area contributed by atoms with E-state index in [1.54, 1.807) is 0 Å². The first-order valence-electron chi connectivity index (χ1n) is 5.79. The lowest BCUT2D eigenvalue weighted by Crippen LogP contribution is -2.32. The first-order valence-corrected chi connectivity index (χ1v) is 5.79. The SMILES string of the molecule is COC(=O)c1cccc(C(=O)ON2C(=O)CCC2=O)c1. The summed E-state index contributed by atoms with van der Waals surface area (Å²) < 4.78 is 4.53. The number of esters is 1. The van der Waals surface area contributed by atoms with E-state index in [0.717, 1.165) is 0 Å². The maximum atomic E-state index is 11.8. The normalized spacial score (nSPS) is 14.3. The van der Waals surface area contributed by atoms with Crippen LogP contribution in [-0.2, 0) is 19.2 Å². The van der Waals surface area contributed by atoms with E-state index >= 15 is 0 Å². The number of imide groups is 1. The van der Waals surface area contributed by atoms with Gasteiger partial charge < -0.3 is 9.57 Å². The number of hydrogen-bond acceptors (Lipinski definition) is 6. The summed E-state index contributed by atoms with van der Waals surface area (Å²) in [6.45, 7) is 0. The molecule has 1 aromatic carbocycles. The molecule has 0 unspecified atom stereocenters. The van der Waals surface area contributed by atoms with E-state index in [1.165, 1.54) is 31.4 Å². The van der Waals surface area contributed by atoms with Crippen molar-refractivity contribution in [3.8, 4) is 0 Å². The second-order valence-corrected chi connectivity index (χ2v) is 4.03. The molecule has 2 rings (SSSR count). The lowest BCUT2D eigenvalue weighted by molar-refractivity contribution is -0.172. The van der Waals surface area contributed by atoms with Gasteiger partial charge in [0.2, 0.25) is 0 Å². The van der Waals surface area contributed by atoms with Gasteiger partial charge >= 0.3 is 11.9 Å². The summed E-state index contributed by atoms with van der Waals surface area (Å²) in [5.41, 5.74) is 0.210. The Hall–Kier alpha value is -2.70. The van der Waals surface area contributed by atoms with Crippen LogP contribution in [0, 0.1) is 0 Å². The minimum absolute atomic E-state index is 0.0221. The lowest BCUT2D eigenvalue weighted by atomic mass is 10.1. The van der Waals surface area contributed by atoms with E-state index in [9.17, 15) is 19.2 Å². The zero-order valence-electron chi connectivity index (χ0n) is 10.6. The van der Waals surface area contributed by atoms with E-state index < -0.39 is 23.8 Å². The molecule has 1 fully saturated rings. The predicted molar refractivity (Wildman–Crippen MR) is 64.3 cm³/mol. The van der Waals surface area contributed by atoms with Gasteiger partial charge in [0.25, 0.3) is 11.8 Å². The van der Waals surface area contributed by atoms with Crippen LogP contribution in [0.15, 0.2) is 24.3 Å². The first-order chi connectivity index (χ1) is 9.52. The lowest BCUT2D eigenvalue weighted by Gasteiger charge is -2.12. The smallest absolute Gasteiger partial charge is 0.363 e. The van der Waals surface area contributed by atoms with Gasteiger partial charge in [0.1, 0.15) is 0 Å². The van der Waals surface area contributed by atoms with Gasteiger partial charge in [-0.2, -0.15) is 0 Å². The van der Waals surface area contributed by atoms with E-state index in [-0.39, 0.29) is 24.0 Å². The van der Waals surface area contributed by atoms with Crippen molar-refractivity contribution in [1.82, 2.24) is 5.06 Å². The maximum absolute atomic E-state index is 11.8. The Balaban J connectivity index is 2.15. The molecule has 0 atom stereocenters. The van der Waals surface area contributed by atoms with Gasteiger partial charge in [-0.3, -0.25) is 9.59 Å². The first kappa shape index (κ1) is 13.7. The second kappa shape index (κ2) is 5.52. The molecule has 0 radical (unpaired) electrons. The average molecular weight is 277 g/mol. The molecule has 0 aromatic heterocycles. The largest absolute Gasteiger partial charge is 0.465 e. The summed E-state index contributed by atoms with van der Waals surface area (Å²) in [7, 11) is 1.22. The molecule has 1 aromatic rings. The number of amides is 2. The van der Waals surface area contributed by atoms with Crippen LogP contribution in [-0.4, -0.2) is 35.9 Å². The highest BCUT2D eigenvalue weighted by atomic mass is 16.7. The van der Waals surface area contributed by atoms with Crippen LogP contribution in [0.1, 0.15) is 33.6 Å². The molecule has 1 aliphatic heterocycles. The summed E-state index contributed by atoms with van der Waals surface area (Å²) in [5.74, 6) is -2.62. The van der Waals surface area contributed by atoms with E-state index in [0.29, 0.717) is 5.06 Å². The Bertz CT molecular complexity index is 578. The number of carbonyl (C=O) groups excluding carboxylic acids is 4. The summed E-state index contributed by atoms with van der Waals surface area (Å²) in [6, 6.07) is 5.60. The Labute approximate surface area is 114 Å². The fraction of sp³-hybridized carbons (Fsp3) is 0.231. The number of benzene rings is 1. The molecule has 0 spiro atoms. The quantitative estimate of drug-likeness (QED) is 0.596. The molecule has 0 aliphatic carbocycles. The van der Waals surface area contributed by atoms with Crippen molar-refractivity contribution in [2.24, 2.45) is 0 Å². The fourth-order valence-electron chi connectivity index (χ4n) is 1.68. The summed E-state index contributed by atoms with van der Waals surface area (Å²) >= 11 is 0. The molecule has 0 bridgehead atoms. The molecule has 2 amide bonds. The monoisotopic (exact) mass is 277 g/mol. The van der Waals surface area contributed by atoms with Gasteiger partial charge in [0.05, 0.1) is 18.2 Å². The van der Waals surface area contributed by atoms with Gasteiger partial charge in [-0.15, -0.1) is 5.06 Å². The average Bonchev–Trinajstić information content (AvgIpc) is 2.78. The van der Waals surface area contributed by atoms with Gasteiger partial charge in [0, 0.05) is 12.8 Å².